The van der Waals surface area contributed by atoms with E-state index in [2.05, 4.69) is 37.0 Å². The van der Waals surface area contributed by atoms with Crippen molar-refractivity contribution in [3.8, 4) is 0 Å². The molecule has 0 aromatic carbocycles. The summed E-state index contributed by atoms with van der Waals surface area (Å²) in [6.45, 7) is -0.133. The van der Waals surface area contributed by atoms with Crippen LogP contribution in [0.25, 0.3) is 0 Å². The largest absolute Gasteiger partial charge is 0.480 e. The summed E-state index contributed by atoms with van der Waals surface area (Å²) in [7, 11) is 0. The highest BCUT2D eigenvalue weighted by Gasteiger charge is 2.05. The summed E-state index contributed by atoms with van der Waals surface area (Å²) in [6, 6.07) is 1.68. The van der Waals surface area contributed by atoms with E-state index in [1.54, 1.807) is 6.07 Å². The molecule has 0 spiro atoms. The van der Waals surface area contributed by atoms with Crippen molar-refractivity contribution in [1.82, 2.24) is 9.78 Å². The first-order valence-corrected chi connectivity index (χ1v) is 4.29. The summed E-state index contributed by atoms with van der Waals surface area (Å²) in [5.41, 5.74) is 0. The molecule has 0 saturated heterocycles. The molecule has 1 N–H and O–H groups in total. The molecule has 0 aliphatic carbocycles. The summed E-state index contributed by atoms with van der Waals surface area (Å²) >= 11 is 6.27. The molecule has 0 aliphatic heterocycles. The van der Waals surface area contributed by atoms with E-state index in [1.807, 2.05) is 0 Å². The van der Waals surface area contributed by atoms with Crippen molar-refractivity contribution in [1.29, 1.82) is 0 Å². The topological polar surface area (TPSA) is 55.1 Å². The Hall–Kier alpha value is -0.360. The maximum atomic E-state index is 10.2. The molecule has 4 nitrogen and oxygen atoms in total. The molecule has 0 aliphatic rings. The highest BCUT2D eigenvalue weighted by Crippen LogP contribution is 2.15. The molecule has 0 bridgehead atoms. The molecule has 11 heavy (non-hydrogen) atoms. The first-order valence-electron chi connectivity index (χ1n) is 2.70. The van der Waals surface area contributed by atoms with Crippen LogP contribution in [-0.2, 0) is 11.3 Å². The van der Waals surface area contributed by atoms with Crippen molar-refractivity contribution in [3.63, 3.8) is 0 Å². The number of carboxylic acids is 1. The van der Waals surface area contributed by atoms with Gasteiger partial charge in [0.1, 0.15) is 15.8 Å². The lowest BCUT2D eigenvalue weighted by Gasteiger charge is -1.95. The van der Waals surface area contributed by atoms with Gasteiger partial charge in [0.2, 0.25) is 0 Å². The fourth-order valence-corrected chi connectivity index (χ4v) is 1.74. The van der Waals surface area contributed by atoms with Crippen molar-refractivity contribution in [2.75, 3.05) is 0 Å². The summed E-state index contributed by atoms with van der Waals surface area (Å²) in [4.78, 5) is 10.2. The first kappa shape index (κ1) is 8.73. The van der Waals surface area contributed by atoms with E-state index < -0.39 is 5.97 Å². The molecule has 1 aromatic heterocycles. The lowest BCUT2D eigenvalue weighted by Crippen LogP contribution is -2.10. The molecule has 1 aromatic rings. The second kappa shape index (κ2) is 3.36. The Balaban J connectivity index is 2.85. The van der Waals surface area contributed by atoms with Crippen molar-refractivity contribution in [2.45, 2.75) is 6.54 Å². The predicted octanol–water partition coefficient (Wildman–Crippen LogP) is 1.49. The van der Waals surface area contributed by atoms with Crippen molar-refractivity contribution >= 4 is 37.8 Å². The fourth-order valence-electron chi connectivity index (χ4n) is 0.604. The smallest absolute Gasteiger partial charge is 0.325 e. The summed E-state index contributed by atoms with van der Waals surface area (Å²) in [5.74, 6) is -0.915. The van der Waals surface area contributed by atoms with Gasteiger partial charge in [-0.1, -0.05) is 0 Å². The summed E-state index contributed by atoms with van der Waals surface area (Å²) in [5, 5.41) is 12.3. The Morgan fingerprint density at radius 3 is 2.73 bits per heavy atom. The van der Waals surface area contributed by atoms with Gasteiger partial charge in [0.05, 0.1) is 0 Å². The molecule has 60 valence electrons. The van der Waals surface area contributed by atoms with Crippen LogP contribution in [0.15, 0.2) is 15.3 Å². The Labute approximate surface area is 79.5 Å². The molecule has 0 radical (unpaired) electrons. The lowest BCUT2D eigenvalue weighted by atomic mass is 10.6. The highest BCUT2D eigenvalue weighted by atomic mass is 79.9. The number of halogens is 2. The third-order valence-corrected chi connectivity index (χ3v) is 2.01. The predicted molar refractivity (Wildman–Crippen MR) is 45.3 cm³/mol. The highest BCUT2D eigenvalue weighted by molar-refractivity contribution is 9.11. The van der Waals surface area contributed by atoms with E-state index in [9.17, 15) is 4.79 Å². The van der Waals surface area contributed by atoms with E-state index in [-0.39, 0.29) is 6.54 Å². The number of hydrogen-bond donors (Lipinski definition) is 1. The van der Waals surface area contributed by atoms with Crippen molar-refractivity contribution in [3.05, 3.63) is 15.3 Å². The summed E-state index contributed by atoms with van der Waals surface area (Å²) in [6.07, 6.45) is 0. The van der Waals surface area contributed by atoms with E-state index in [4.69, 9.17) is 5.11 Å². The quantitative estimate of drug-likeness (QED) is 0.895. The van der Waals surface area contributed by atoms with Crippen LogP contribution in [0.3, 0.4) is 0 Å². The standard InChI is InChI=1S/C5H4Br2N2O2/c6-3-1-4(7)9(8-3)2-5(10)11/h1H,2H2,(H,10,11). The first-order chi connectivity index (χ1) is 5.09. The molecular weight excluding hydrogens is 280 g/mol. The Kier molecular flexibility index (Phi) is 2.67. The zero-order valence-corrected chi connectivity index (χ0v) is 8.46. The third-order valence-electron chi connectivity index (χ3n) is 0.986. The Bertz CT molecular complexity index is 284. The van der Waals surface area contributed by atoms with Crippen molar-refractivity contribution in [2.24, 2.45) is 0 Å². The van der Waals surface area contributed by atoms with E-state index in [1.165, 1.54) is 4.68 Å². The number of aromatic nitrogens is 2. The van der Waals surface area contributed by atoms with Gasteiger partial charge in [-0.15, -0.1) is 0 Å². The van der Waals surface area contributed by atoms with Gasteiger partial charge < -0.3 is 5.11 Å². The monoisotopic (exact) mass is 282 g/mol. The minimum Gasteiger partial charge on any atom is -0.480 e. The molecule has 1 rings (SSSR count). The normalized spacial score (nSPS) is 10.0. The zero-order valence-electron chi connectivity index (χ0n) is 5.29. The van der Waals surface area contributed by atoms with Crippen molar-refractivity contribution < 1.29 is 9.90 Å². The molecule has 0 atom stereocenters. The second-order valence-corrected chi connectivity index (χ2v) is 3.47. The SMILES string of the molecule is O=C(O)Cn1nc(Br)cc1Br. The Morgan fingerprint density at radius 2 is 2.36 bits per heavy atom. The van der Waals surface area contributed by atoms with E-state index >= 15 is 0 Å². The number of carbonyl (C=O) groups is 1. The lowest BCUT2D eigenvalue weighted by molar-refractivity contribution is -0.137. The van der Waals surface area contributed by atoms with Crippen LogP contribution >= 0.6 is 31.9 Å². The maximum Gasteiger partial charge on any atom is 0.325 e. The molecular formula is C5H4Br2N2O2. The van der Waals surface area contributed by atoms with Gasteiger partial charge in [-0.25, -0.2) is 4.68 Å². The van der Waals surface area contributed by atoms with Crippen LogP contribution in [0.2, 0.25) is 0 Å². The second-order valence-electron chi connectivity index (χ2n) is 1.84. The molecule has 6 heteroatoms. The van der Waals surface area contributed by atoms with E-state index in [0.717, 1.165) is 0 Å². The number of aliphatic carboxylic acids is 1. The number of hydrogen-bond acceptors (Lipinski definition) is 2. The molecule has 0 amide bonds. The van der Waals surface area contributed by atoms with Crippen LogP contribution in [-0.4, -0.2) is 20.9 Å². The van der Waals surface area contributed by atoms with Crippen LogP contribution in [0, 0.1) is 0 Å². The van der Waals surface area contributed by atoms with Crippen LogP contribution in [0.1, 0.15) is 0 Å². The van der Waals surface area contributed by atoms with Gasteiger partial charge in [-0.05, 0) is 31.9 Å². The van der Waals surface area contributed by atoms with E-state index in [0.29, 0.717) is 9.21 Å². The average molecular weight is 284 g/mol. The van der Waals surface area contributed by atoms with Crippen LogP contribution < -0.4 is 0 Å². The zero-order chi connectivity index (χ0) is 8.43. The molecule has 1 heterocycles. The molecule has 0 unspecified atom stereocenters. The molecule has 0 fully saturated rings. The van der Waals surface area contributed by atoms with Gasteiger partial charge >= 0.3 is 5.97 Å². The van der Waals surface area contributed by atoms with Gasteiger partial charge in [-0.3, -0.25) is 4.79 Å². The van der Waals surface area contributed by atoms with Gasteiger partial charge in [0, 0.05) is 6.07 Å². The van der Waals surface area contributed by atoms with Gasteiger partial charge in [0.15, 0.2) is 0 Å². The number of rotatable bonds is 2. The van der Waals surface area contributed by atoms with Gasteiger partial charge in [-0.2, -0.15) is 5.10 Å². The number of nitrogens with zero attached hydrogens (tertiary/aromatic N) is 2. The van der Waals surface area contributed by atoms with Gasteiger partial charge in [0.25, 0.3) is 0 Å². The number of carboxylic acid groups (broad SMARTS) is 1. The Morgan fingerprint density at radius 1 is 1.73 bits per heavy atom. The minimum absolute atomic E-state index is 0.133. The maximum absolute atomic E-state index is 10.2. The van der Waals surface area contributed by atoms with Crippen LogP contribution in [0.4, 0.5) is 0 Å². The van der Waals surface area contributed by atoms with Crippen LogP contribution in [0.5, 0.6) is 0 Å². The average Bonchev–Trinajstić information content (AvgIpc) is 2.09. The molecule has 0 saturated carbocycles. The fraction of sp³-hybridized carbons (Fsp3) is 0.200. The summed E-state index contributed by atoms with van der Waals surface area (Å²) < 4.78 is 2.60. The minimum atomic E-state index is -0.915. The third kappa shape index (κ3) is 2.30.